The second kappa shape index (κ2) is 6.67. The number of benzene rings is 1. The lowest BCUT2D eigenvalue weighted by molar-refractivity contribution is 0.265. The lowest BCUT2D eigenvalue weighted by atomic mass is 10.0. The van der Waals surface area contributed by atoms with Crippen molar-refractivity contribution in [1.82, 2.24) is 0 Å². The van der Waals surface area contributed by atoms with E-state index in [0.29, 0.717) is 6.42 Å². The van der Waals surface area contributed by atoms with Gasteiger partial charge in [-0.15, -0.1) is 12.4 Å². The van der Waals surface area contributed by atoms with Gasteiger partial charge in [-0.25, -0.2) is 0 Å². The summed E-state index contributed by atoms with van der Waals surface area (Å²) in [7, 11) is 1.65. The molecule has 0 radical (unpaired) electrons. The molecule has 1 atom stereocenters. The van der Waals surface area contributed by atoms with Crippen LogP contribution in [0.1, 0.15) is 11.1 Å². The average molecular weight is 232 g/mol. The predicted molar refractivity (Wildman–Crippen MR) is 63.7 cm³/mol. The third-order valence-electron chi connectivity index (χ3n) is 2.27. The maximum absolute atomic E-state index is 8.84. The Morgan fingerprint density at radius 1 is 1.47 bits per heavy atom. The van der Waals surface area contributed by atoms with Crippen LogP contribution in [0.3, 0.4) is 0 Å². The molecule has 0 aliphatic carbocycles. The zero-order valence-electron chi connectivity index (χ0n) is 9.06. The second-order valence-corrected chi connectivity index (χ2v) is 3.44. The Labute approximate surface area is 96.7 Å². The van der Waals surface area contributed by atoms with E-state index >= 15 is 0 Å². The van der Waals surface area contributed by atoms with Crippen molar-refractivity contribution in [2.45, 2.75) is 19.4 Å². The first-order valence-corrected chi connectivity index (χ1v) is 4.67. The number of nitrogens with two attached hydrogens (primary N) is 1. The number of aliphatic hydroxyl groups excluding tert-OH is 1. The van der Waals surface area contributed by atoms with Crippen LogP contribution in [0, 0.1) is 6.92 Å². The van der Waals surface area contributed by atoms with E-state index in [-0.39, 0.29) is 25.1 Å². The molecule has 4 heteroatoms. The van der Waals surface area contributed by atoms with Crippen molar-refractivity contribution in [2.75, 3.05) is 13.7 Å². The Bertz CT molecular complexity index is 305. The van der Waals surface area contributed by atoms with Gasteiger partial charge in [-0.2, -0.15) is 0 Å². The van der Waals surface area contributed by atoms with Crippen LogP contribution in [-0.4, -0.2) is 24.9 Å². The Kier molecular flexibility index (Phi) is 6.32. The molecule has 15 heavy (non-hydrogen) atoms. The minimum Gasteiger partial charge on any atom is -0.497 e. The highest BCUT2D eigenvalue weighted by molar-refractivity contribution is 5.85. The number of ether oxygens (including phenoxy) is 1. The number of hydrogen-bond donors (Lipinski definition) is 2. The first-order valence-electron chi connectivity index (χ1n) is 4.67. The van der Waals surface area contributed by atoms with Crippen molar-refractivity contribution in [2.24, 2.45) is 5.73 Å². The summed E-state index contributed by atoms with van der Waals surface area (Å²) in [6.45, 7) is 2.04. The number of aryl methyl sites for hydroxylation is 1. The maximum Gasteiger partial charge on any atom is 0.119 e. The molecule has 1 aromatic rings. The van der Waals surface area contributed by atoms with E-state index in [2.05, 4.69) is 0 Å². The van der Waals surface area contributed by atoms with E-state index in [0.717, 1.165) is 16.9 Å². The van der Waals surface area contributed by atoms with Gasteiger partial charge in [0.2, 0.25) is 0 Å². The Morgan fingerprint density at radius 2 is 2.13 bits per heavy atom. The summed E-state index contributed by atoms with van der Waals surface area (Å²) in [4.78, 5) is 0. The van der Waals surface area contributed by atoms with Gasteiger partial charge >= 0.3 is 0 Å². The summed E-state index contributed by atoms with van der Waals surface area (Å²) in [6.07, 6.45) is 0.701. The van der Waals surface area contributed by atoms with E-state index in [1.54, 1.807) is 7.11 Å². The standard InChI is InChI=1S/C11H17NO2.ClH/c1-8-5-11(14-2)4-3-9(8)6-10(12)7-13;/h3-5,10,13H,6-7,12H2,1-2H3;1H. The van der Waals surface area contributed by atoms with Crippen LogP contribution in [0.2, 0.25) is 0 Å². The van der Waals surface area contributed by atoms with Crippen LogP contribution in [0.25, 0.3) is 0 Å². The fourth-order valence-corrected chi connectivity index (χ4v) is 1.37. The lowest BCUT2D eigenvalue weighted by Gasteiger charge is -2.11. The van der Waals surface area contributed by atoms with Gasteiger partial charge in [0, 0.05) is 6.04 Å². The quantitative estimate of drug-likeness (QED) is 0.821. The van der Waals surface area contributed by atoms with Crippen LogP contribution in [-0.2, 0) is 6.42 Å². The third kappa shape index (κ3) is 4.08. The van der Waals surface area contributed by atoms with Crippen molar-refractivity contribution in [3.8, 4) is 5.75 Å². The largest absolute Gasteiger partial charge is 0.497 e. The van der Waals surface area contributed by atoms with Crippen LogP contribution in [0.15, 0.2) is 18.2 Å². The van der Waals surface area contributed by atoms with Crippen molar-refractivity contribution in [1.29, 1.82) is 0 Å². The van der Waals surface area contributed by atoms with Gasteiger partial charge in [0.05, 0.1) is 13.7 Å². The van der Waals surface area contributed by atoms with Crippen molar-refractivity contribution >= 4 is 12.4 Å². The Balaban J connectivity index is 0.00000196. The summed E-state index contributed by atoms with van der Waals surface area (Å²) in [5.41, 5.74) is 7.97. The van der Waals surface area contributed by atoms with E-state index in [1.165, 1.54) is 0 Å². The van der Waals surface area contributed by atoms with Gasteiger partial charge in [-0.1, -0.05) is 6.07 Å². The van der Waals surface area contributed by atoms with Crippen molar-refractivity contribution < 1.29 is 9.84 Å². The van der Waals surface area contributed by atoms with Gasteiger partial charge in [-0.05, 0) is 36.6 Å². The Hall–Kier alpha value is -0.770. The molecule has 1 aromatic carbocycles. The fourth-order valence-electron chi connectivity index (χ4n) is 1.37. The maximum atomic E-state index is 8.84. The molecule has 1 unspecified atom stereocenters. The molecule has 0 amide bonds. The van der Waals surface area contributed by atoms with Crippen LogP contribution >= 0.6 is 12.4 Å². The fraction of sp³-hybridized carbons (Fsp3) is 0.455. The molecule has 0 fully saturated rings. The van der Waals surface area contributed by atoms with E-state index in [4.69, 9.17) is 15.6 Å². The molecule has 0 aliphatic heterocycles. The molecular weight excluding hydrogens is 214 g/mol. The molecule has 0 spiro atoms. The van der Waals surface area contributed by atoms with Crippen LogP contribution in [0.4, 0.5) is 0 Å². The third-order valence-corrected chi connectivity index (χ3v) is 2.27. The number of hydrogen-bond acceptors (Lipinski definition) is 3. The predicted octanol–water partition coefficient (Wildman–Crippen LogP) is 1.29. The monoisotopic (exact) mass is 231 g/mol. The van der Waals surface area contributed by atoms with Gasteiger partial charge in [-0.3, -0.25) is 0 Å². The molecule has 0 heterocycles. The molecule has 0 aliphatic rings. The van der Waals surface area contributed by atoms with Crippen molar-refractivity contribution in [3.05, 3.63) is 29.3 Å². The zero-order chi connectivity index (χ0) is 10.6. The summed E-state index contributed by atoms with van der Waals surface area (Å²) < 4.78 is 5.10. The number of halogens is 1. The van der Waals surface area contributed by atoms with Gasteiger partial charge < -0.3 is 15.6 Å². The molecule has 1 rings (SSSR count). The number of methoxy groups -OCH3 is 1. The number of aliphatic hydroxyl groups is 1. The molecule has 0 saturated heterocycles. The highest BCUT2D eigenvalue weighted by Crippen LogP contribution is 2.17. The SMILES string of the molecule is COc1ccc(CC(N)CO)c(C)c1.Cl. The minimum absolute atomic E-state index is 0. The molecule has 0 bridgehead atoms. The molecule has 0 aromatic heterocycles. The second-order valence-electron chi connectivity index (χ2n) is 3.44. The van der Waals surface area contributed by atoms with Gasteiger partial charge in [0.25, 0.3) is 0 Å². The highest BCUT2D eigenvalue weighted by Gasteiger charge is 2.05. The summed E-state index contributed by atoms with van der Waals surface area (Å²) in [5.74, 6) is 0.851. The highest BCUT2D eigenvalue weighted by atomic mass is 35.5. The molecule has 86 valence electrons. The Morgan fingerprint density at radius 3 is 2.60 bits per heavy atom. The van der Waals surface area contributed by atoms with E-state index < -0.39 is 0 Å². The average Bonchev–Trinajstić information content (AvgIpc) is 2.20. The summed E-state index contributed by atoms with van der Waals surface area (Å²) >= 11 is 0. The normalized spacial score (nSPS) is 11.7. The molecule has 3 N–H and O–H groups in total. The first kappa shape index (κ1) is 14.2. The molecule has 3 nitrogen and oxygen atoms in total. The van der Waals surface area contributed by atoms with Crippen LogP contribution in [0.5, 0.6) is 5.75 Å². The molecular formula is C11H18ClNO2. The summed E-state index contributed by atoms with van der Waals surface area (Å²) in [6, 6.07) is 5.69. The molecule has 0 saturated carbocycles. The summed E-state index contributed by atoms with van der Waals surface area (Å²) in [5, 5.41) is 8.84. The van der Waals surface area contributed by atoms with E-state index in [9.17, 15) is 0 Å². The van der Waals surface area contributed by atoms with Gasteiger partial charge in [0.1, 0.15) is 5.75 Å². The first-order chi connectivity index (χ1) is 6.67. The lowest BCUT2D eigenvalue weighted by Crippen LogP contribution is -2.27. The van der Waals surface area contributed by atoms with Crippen molar-refractivity contribution in [3.63, 3.8) is 0 Å². The topological polar surface area (TPSA) is 55.5 Å². The smallest absolute Gasteiger partial charge is 0.119 e. The number of rotatable bonds is 4. The van der Waals surface area contributed by atoms with Gasteiger partial charge in [0.15, 0.2) is 0 Å². The van der Waals surface area contributed by atoms with E-state index in [1.807, 2.05) is 25.1 Å². The van der Waals surface area contributed by atoms with Crippen LogP contribution < -0.4 is 10.5 Å². The minimum atomic E-state index is -0.179. The zero-order valence-corrected chi connectivity index (χ0v) is 9.88.